The number of nitrogens with zero attached hydrogens (tertiary/aromatic N) is 1. The molecule has 0 heterocycles. The lowest BCUT2D eigenvalue weighted by atomic mass is 9.79. The Bertz CT molecular complexity index is 447. The van der Waals surface area contributed by atoms with E-state index in [9.17, 15) is 10.0 Å². The molecule has 4 nitrogen and oxygen atoms in total. The van der Waals surface area contributed by atoms with Crippen molar-refractivity contribution >= 4 is 12.6 Å². The molecule has 1 aliphatic carbocycles. The molecule has 0 aliphatic heterocycles. The average molecular weight is 291 g/mol. The second-order valence-electron chi connectivity index (χ2n) is 6.15. The summed E-state index contributed by atoms with van der Waals surface area (Å²) in [6.45, 7) is 1.86. The van der Waals surface area contributed by atoms with Crippen LogP contribution in [-0.4, -0.2) is 42.8 Å². The lowest BCUT2D eigenvalue weighted by Crippen LogP contribution is -2.31. The van der Waals surface area contributed by atoms with Crippen LogP contribution in [0.1, 0.15) is 37.7 Å². The smallest absolute Gasteiger partial charge is 0.488 e. The van der Waals surface area contributed by atoms with Crippen molar-refractivity contribution < 1.29 is 14.8 Å². The molecule has 1 fully saturated rings. The summed E-state index contributed by atoms with van der Waals surface area (Å²) in [5, 5.41) is 18.6. The van der Waals surface area contributed by atoms with Gasteiger partial charge in [-0.2, -0.15) is 0 Å². The van der Waals surface area contributed by atoms with Crippen molar-refractivity contribution in [3.05, 3.63) is 23.8 Å². The molecule has 0 radical (unpaired) electrons. The molecular formula is C16H26BNO3. The molecule has 0 bridgehead atoms. The van der Waals surface area contributed by atoms with Crippen LogP contribution in [0.5, 0.6) is 5.75 Å². The van der Waals surface area contributed by atoms with Crippen molar-refractivity contribution in [2.45, 2.75) is 38.6 Å². The summed E-state index contributed by atoms with van der Waals surface area (Å²) in [5.41, 5.74) is 1.51. The van der Waals surface area contributed by atoms with Crippen LogP contribution in [-0.2, 0) is 6.54 Å². The normalized spacial score (nSPS) is 16.2. The van der Waals surface area contributed by atoms with E-state index in [0.29, 0.717) is 5.46 Å². The first kappa shape index (κ1) is 16.3. The zero-order valence-corrected chi connectivity index (χ0v) is 13.1. The highest BCUT2D eigenvalue weighted by atomic mass is 16.5. The van der Waals surface area contributed by atoms with Gasteiger partial charge in [0.2, 0.25) is 0 Å². The van der Waals surface area contributed by atoms with E-state index in [4.69, 9.17) is 4.74 Å². The summed E-state index contributed by atoms with van der Waals surface area (Å²) in [5.74, 6) is 1.59. The Balaban J connectivity index is 2.00. The van der Waals surface area contributed by atoms with Gasteiger partial charge < -0.3 is 19.7 Å². The standard InChI is InChI=1S/C16H26BNO3/c1-18(11-13-6-4-3-5-7-13)12-14-10-15(17(19)20)8-9-16(14)21-2/h8-10,13,19-20H,3-7,11-12H2,1-2H3. The molecule has 0 unspecified atom stereocenters. The van der Waals surface area contributed by atoms with E-state index in [0.717, 1.165) is 30.3 Å². The summed E-state index contributed by atoms with van der Waals surface area (Å²) in [6.07, 6.45) is 6.75. The Hall–Kier alpha value is -1.04. The fraction of sp³-hybridized carbons (Fsp3) is 0.625. The molecule has 0 amide bonds. The van der Waals surface area contributed by atoms with Gasteiger partial charge in [0.15, 0.2) is 0 Å². The third-order valence-electron chi connectivity index (χ3n) is 4.34. The summed E-state index contributed by atoms with van der Waals surface area (Å²) in [6, 6.07) is 5.31. The minimum Gasteiger partial charge on any atom is -0.496 e. The minimum absolute atomic E-state index is 0.511. The van der Waals surface area contributed by atoms with Gasteiger partial charge in [-0.15, -0.1) is 0 Å². The molecule has 0 saturated heterocycles. The first-order valence-corrected chi connectivity index (χ1v) is 7.81. The maximum absolute atomic E-state index is 9.31. The highest BCUT2D eigenvalue weighted by Crippen LogP contribution is 2.25. The van der Waals surface area contributed by atoms with Crippen molar-refractivity contribution in [3.8, 4) is 5.75 Å². The highest BCUT2D eigenvalue weighted by Gasteiger charge is 2.18. The van der Waals surface area contributed by atoms with Crippen LogP contribution in [0, 0.1) is 5.92 Å². The van der Waals surface area contributed by atoms with E-state index >= 15 is 0 Å². The zero-order valence-electron chi connectivity index (χ0n) is 13.1. The van der Waals surface area contributed by atoms with E-state index in [1.165, 1.54) is 32.1 Å². The summed E-state index contributed by atoms with van der Waals surface area (Å²) in [4.78, 5) is 2.31. The van der Waals surface area contributed by atoms with Crippen molar-refractivity contribution in [2.75, 3.05) is 20.7 Å². The molecule has 1 aliphatic rings. The molecule has 1 aromatic rings. The average Bonchev–Trinajstić information content (AvgIpc) is 2.48. The Kier molecular flexibility index (Phi) is 6.09. The van der Waals surface area contributed by atoms with Crippen LogP contribution >= 0.6 is 0 Å². The van der Waals surface area contributed by atoms with Crippen molar-refractivity contribution in [1.29, 1.82) is 0 Å². The molecule has 0 atom stereocenters. The van der Waals surface area contributed by atoms with E-state index < -0.39 is 7.12 Å². The predicted molar refractivity (Wildman–Crippen MR) is 85.7 cm³/mol. The molecule has 2 N–H and O–H groups in total. The van der Waals surface area contributed by atoms with Crippen molar-refractivity contribution in [2.24, 2.45) is 5.92 Å². The molecule has 2 rings (SSSR count). The van der Waals surface area contributed by atoms with Crippen LogP contribution < -0.4 is 10.2 Å². The van der Waals surface area contributed by atoms with Crippen LogP contribution in [0.4, 0.5) is 0 Å². The largest absolute Gasteiger partial charge is 0.496 e. The monoisotopic (exact) mass is 291 g/mol. The van der Waals surface area contributed by atoms with E-state index in [1.54, 1.807) is 19.2 Å². The maximum atomic E-state index is 9.31. The third kappa shape index (κ3) is 4.73. The van der Waals surface area contributed by atoms with Crippen LogP contribution in [0.3, 0.4) is 0 Å². The third-order valence-corrected chi connectivity index (χ3v) is 4.34. The molecular weight excluding hydrogens is 265 g/mol. The molecule has 21 heavy (non-hydrogen) atoms. The van der Waals surface area contributed by atoms with Gasteiger partial charge in [-0.05, 0) is 37.3 Å². The van der Waals surface area contributed by atoms with Crippen LogP contribution in [0.15, 0.2) is 18.2 Å². The number of hydrogen-bond donors (Lipinski definition) is 2. The number of benzene rings is 1. The number of hydrogen-bond acceptors (Lipinski definition) is 4. The van der Waals surface area contributed by atoms with Gasteiger partial charge in [0.05, 0.1) is 7.11 Å². The van der Waals surface area contributed by atoms with Gasteiger partial charge in [0, 0.05) is 18.7 Å². The quantitative estimate of drug-likeness (QED) is 0.778. The highest BCUT2D eigenvalue weighted by molar-refractivity contribution is 6.58. The fourth-order valence-corrected chi connectivity index (χ4v) is 3.25. The molecule has 1 aromatic carbocycles. The van der Waals surface area contributed by atoms with E-state index in [-0.39, 0.29) is 0 Å². The molecule has 116 valence electrons. The topological polar surface area (TPSA) is 52.9 Å². The summed E-state index contributed by atoms with van der Waals surface area (Å²) >= 11 is 0. The first-order valence-electron chi connectivity index (χ1n) is 7.81. The molecule has 1 saturated carbocycles. The Morgan fingerprint density at radius 1 is 1.24 bits per heavy atom. The molecule has 5 heteroatoms. The predicted octanol–water partition coefficient (Wildman–Crippen LogP) is 1.39. The first-order chi connectivity index (χ1) is 10.1. The number of ether oxygens (including phenoxy) is 1. The lowest BCUT2D eigenvalue weighted by molar-refractivity contribution is 0.226. The number of rotatable bonds is 6. The second kappa shape index (κ2) is 7.83. The Labute approximate surface area is 127 Å². The van der Waals surface area contributed by atoms with Crippen LogP contribution in [0.2, 0.25) is 0 Å². The fourth-order valence-electron chi connectivity index (χ4n) is 3.25. The van der Waals surface area contributed by atoms with Crippen molar-refractivity contribution in [1.82, 2.24) is 4.90 Å². The minimum atomic E-state index is -1.43. The summed E-state index contributed by atoms with van der Waals surface area (Å²) in [7, 11) is 2.34. The Morgan fingerprint density at radius 3 is 2.57 bits per heavy atom. The van der Waals surface area contributed by atoms with E-state index in [1.807, 2.05) is 6.07 Å². The van der Waals surface area contributed by atoms with Gasteiger partial charge in [0.25, 0.3) is 0 Å². The Morgan fingerprint density at radius 2 is 1.95 bits per heavy atom. The van der Waals surface area contributed by atoms with Gasteiger partial charge >= 0.3 is 7.12 Å². The van der Waals surface area contributed by atoms with Gasteiger partial charge in [-0.1, -0.05) is 31.4 Å². The van der Waals surface area contributed by atoms with Gasteiger partial charge in [-0.3, -0.25) is 0 Å². The van der Waals surface area contributed by atoms with Gasteiger partial charge in [-0.25, -0.2) is 0 Å². The zero-order chi connectivity index (χ0) is 15.2. The van der Waals surface area contributed by atoms with Gasteiger partial charge in [0.1, 0.15) is 5.75 Å². The van der Waals surface area contributed by atoms with E-state index in [2.05, 4.69) is 11.9 Å². The lowest BCUT2D eigenvalue weighted by Gasteiger charge is -2.27. The van der Waals surface area contributed by atoms with Crippen LogP contribution in [0.25, 0.3) is 0 Å². The van der Waals surface area contributed by atoms with Crippen molar-refractivity contribution in [3.63, 3.8) is 0 Å². The SMILES string of the molecule is COc1ccc(B(O)O)cc1CN(C)CC1CCCCC1. The molecule has 0 spiro atoms. The maximum Gasteiger partial charge on any atom is 0.488 e. The summed E-state index contributed by atoms with van der Waals surface area (Å²) < 4.78 is 5.38. The number of methoxy groups -OCH3 is 1. The molecule has 0 aromatic heterocycles. The second-order valence-corrected chi connectivity index (χ2v) is 6.15.